The molecule has 3 aromatic carbocycles. The number of rotatable bonds is 2. The molecule has 1 heterocycles. The van der Waals surface area contributed by atoms with Crippen molar-refractivity contribution in [1.82, 2.24) is 9.97 Å². The van der Waals surface area contributed by atoms with Gasteiger partial charge in [0.1, 0.15) is 0 Å². The maximum atomic E-state index is 4.89. The molecule has 0 aliphatic carbocycles. The number of aromatic nitrogens is 2. The fourth-order valence-corrected chi connectivity index (χ4v) is 2.84. The molecule has 0 fully saturated rings. The van der Waals surface area contributed by atoms with Crippen molar-refractivity contribution in [2.75, 3.05) is 0 Å². The highest BCUT2D eigenvalue weighted by molar-refractivity contribution is 5.93. The second-order valence-electron chi connectivity index (χ2n) is 6.15. The Hall–Kier alpha value is -3.00. The zero-order valence-electron chi connectivity index (χ0n) is 13.8. The fourth-order valence-electron chi connectivity index (χ4n) is 2.84. The normalized spacial score (nSPS) is 10.9. The molecule has 0 amide bonds. The van der Waals surface area contributed by atoms with Crippen molar-refractivity contribution < 1.29 is 0 Å². The van der Waals surface area contributed by atoms with Crippen LogP contribution in [0.3, 0.4) is 0 Å². The van der Waals surface area contributed by atoms with Crippen LogP contribution in [-0.2, 0) is 0 Å². The molecule has 0 aliphatic heterocycles. The first-order valence-electron chi connectivity index (χ1n) is 8.11. The molecule has 116 valence electrons. The van der Waals surface area contributed by atoms with Crippen LogP contribution < -0.4 is 0 Å². The van der Waals surface area contributed by atoms with Crippen molar-refractivity contribution in [2.24, 2.45) is 0 Å². The Morgan fingerprint density at radius 3 is 1.83 bits per heavy atom. The maximum Gasteiger partial charge on any atom is 0.160 e. The maximum absolute atomic E-state index is 4.89. The molecule has 0 aliphatic rings. The van der Waals surface area contributed by atoms with Crippen molar-refractivity contribution >= 4 is 10.9 Å². The van der Waals surface area contributed by atoms with E-state index < -0.39 is 0 Å². The molecule has 0 bridgehead atoms. The summed E-state index contributed by atoms with van der Waals surface area (Å²) < 4.78 is 0. The van der Waals surface area contributed by atoms with Crippen molar-refractivity contribution in [3.63, 3.8) is 0 Å². The van der Waals surface area contributed by atoms with Gasteiger partial charge in [-0.25, -0.2) is 9.97 Å². The van der Waals surface area contributed by atoms with E-state index in [4.69, 9.17) is 9.97 Å². The van der Waals surface area contributed by atoms with Gasteiger partial charge in [0.2, 0.25) is 0 Å². The molecule has 2 heteroatoms. The van der Waals surface area contributed by atoms with Crippen molar-refractivity contribution in [3.8, 4) is 22.6 Å². The topological polar surface area (TPSA) is 25.8 Å². The Labute approximate surface area is 141 Å². The third-order valence-corrected chi connectivity index (χ3v) is 4.24. The summed E-state index contributed by atoms with van der Waals surface area (Å²) in [5.74, 6) is 0.768. The third kappa shape index (κ3) is 2.67. The van der Waals surface area contributed by atoms with Crippen LogP contribution in [0.15, 0.2) is 72.8 Å². The molecular formula is C22H18N2. The Morgan fingerprint density at radius 1 is 0.583 bits per heavy atom. The van der Waals surface area contributed by atoms with Gasteiger partial charge >= 0.3 is 0 Å². The van der Waals surface area contributed by atoms with Gasteiger partial charge in [-0.1, -0.05) is 77.9 Å². The second kappa shape index (κ2) is 5.89. The predicted molar refractivity (Wildman–Crippen MR) is 99.9 cm³/mol. The summed E-state index contributed by atoms with van der Waals surface area (Å²) in [6.07, 6.45) is 0. The molecule has 0 radical (unpaired) electrons. The van der Waals surface area contributed by atoms with Gasteiger partial charge in [0.15, 0.2) is 5.82 Å². The predicted octanol–water partition coefficient (Wildman–Crippen LogP) is 5.58. The highest BCUT2D eigenvalue weighted by Gasteiger charge is 2.10. The van der Waals surface area contributed by atoms with Crippen molar-refractivity contribution in [1.29, 1.82) is 0 Å². The molecule has 4 aromatic rings. The van der Waals surface area contributed by atoms with E-state index in [1.165, 1.54) is 11.1 Å². The van der Waals surface area contributed by atoms with Gasteiger partial charge in [-0.15, -0.1) is 0 Å². The smallest absolute Gasteiger partial charge is 0.160 e. The first-order chi connectivity index (χ1) is 11.7. The number of para-hydroxylation sites is 1. The minimum atomic E-state index is 0.768. The van der Waals surface area contributed by atoms with Gasteiger partial charge in [-0.05, 0) is 19.9 Å². The number of hydrogen-bond donors (Lipinski definition) is 0. The van der Waals surface area contributed by atoms with E-state index in [2.05, 4.69) is 68.4 Å². The molecule has 0 unspecified atom stereocenters. The first kappa shape index (κ1) is 14.6. The zero-order valence-corrected chi connectivity index (χ0v) is 13.8. The number of nitrogens with zero attached hydrogens (tertiary/aromatic N) is 2. The molecular weight excluding hydrogens is 292 g/mol. The van der Waals surface area contributed by atoms with E-state index in [1.807, 2.05) is 18.2 Å². The van der Waals surface area contributed by atoms with E-state index in [0.717, 1.165) is 33.5 Å². The number of hydrogen-bond acceptors (Lipinski definition) is 2. The van der Waals surface area contributed by atoms with Crippen LogP contribution in [-0.4, -0.2) is 9.97 Å². The van der Waals surface area contributed by atoms with Crippen LogP contribution in [0.25, 0.3) is 33.5 Å². The Bertz CT molecular complexity index is 1000. The lowest BCUT2D eigenvalue weighted by Crippen LogP contribution is -1.95. The summed E-state index contributed by atoms with van der Waals surface area (Å²) in [5, 5.41) is 1.08. The van der Waals surface area contributed by atoms with E-state index in [0.29, 0.717) is 0 Å². The van der Waals surface area contributed by atoms with Crippen LogP contribution in [0.4, 0.5) is 0 Å². The molecule has 0 saturated heterocycles. The monoisotopic (exact) mass is 310 g/mol. The summed E-state index contributed by atoms with van der Waals surface area (Å²) in [7, 11) is 0. The summed E-state index contributed by atoms with van der Waals surface area (Å²) in [4.78, 5) is 9.66. The van der Waals surface area contributed by atoms with E-state index >= 15 is 0 Å². The molecule has 0 spiro atoms. The highest BCUT2D eigenvalue weighted by Crippen LogP contribution is 2.29. The standard InChI is InChI=1S/C22H18N2/c1-15-7-11-17(12-8-15)21-19-5-3-4-6-20(19)23-22(24-21)18-13-9-16(2)10-14-18/h3-14H,1-2H3. The zero-order chi connectivity index (χ0) is 16.5. The second-order valence-corrected chi connectivity index (χ2v) is 6.15. The van der Waals surface area contributed by atoms with Gasteiger partial charge in [-0.3, -0.25) is 0 Å². The van der Waals surface area contributed by atoms with E-state index in [-0.39, 0.29) is 0 Å². The average molecular weight is 310 g/mol. The Kier molecular flexibility index (Phi) is 3.58. The van der Waals surface area contributed by atoms with E-state index in [1.54, 1.807) is 0 Å². The molecule has 1 aromatic heterocycles. The summed E-state index contributed by atoms with van der Waals surface area (Å²) >= 11 is 0. The van der Waals surface area contributed by atoms with Gasteiger partial charge in [-0.2, -0.15) is 0 Å². The summed E-state index contributed by atoms with van der Waals surface area (Å²) in [5.41, 5.74) is 6.59. The Morgan fingerprint density at radius 2 is 1.17 bits per heavy atom. The minimum Gasteiger partial charge on any atom is -0.228 e. The van der Waals surface area contributed by atoms with Gasteiger partial charge in [0.05, 0.1) is 11.2 Å². The average Bonchev–Trinajstić information content (AvgIpc) is 2.62. The quantitative estimate of drug-likeness (QED) is 0.483. The molecule has 2 nitrogen and oxygen atoms in total. The number of aryl methyl sites for hydroxylation is 2. The minimum absolute atomic E-state index is 0.768. The molecule has 0 saturated carbocycles. The first-order valence-corrected chi connectivity index (χ1v) is 8.11. The largest absolute Gasteiger partial charge is 0.228 e. The molecule has 24 heavy (non-hydrogen) atoms. The lowest BCUT2D eigenvalue weighted by molar-refractivity contribution is 1.23. The molecule has 0 N–H and O–H groups in total. The number of benzene rings is 3. The molecule has 4 rings (SSSR count). The van der Waals surface area contributed by atoms with Gasteiger partial charge < -0.3 is 0 Å². The van der Waals surface area contributed by atoms with Crippen LogP contribution in [0.1, 0.15) is 11.1 Å². The fraction of sp³-hybridized carbons (Fsp3) is 0.0909. The molecule has 0 atom stereocenters. The van der Waals surface area contributed by atoms with E-state index in [9.17, 15) is 0 Å². The van der Waals surface area contributed by atoms with Crippen LogP contribution >= 0.6 is 0 Å². The third-order valence-electron chi connectivity index (χ3n) is 4.24. The van der Waals surface area contributed by atoms with Crippen molar-refractivity contribution in [3.05, 3.63) is 83.9 Å². The van der Waals surface area contributed by atoms with Crippen LogP contribution in [0.2, 0.25) is 0 Å². The summed E-state index contributed by atoms with van der Waals surface area (Å²) in [6, 6.07) is 25.1. The lowest BCUT2D eigenvalue weighted by Gasteiger charge is -2.09. The highest BCUT2D eigenvalue weighted by atomic mass is 14.9. The van der Waals surface area contributed by atoms with Crippen molar-refractivity contribution in [2.45, 2.75) is 13.8 Å². The Balaban J connectivity index is 1.97. The van der Waals surface area contributed by atoms with Crippen LogP contribution in [0.5, 0.6) is 0 Å². The van der Waals surface area contributed by atoms with Gasteiger partial charge in [0.25, 0.3) is 0 Å². The lowest BCUT2D eigenvalue weighted by atomic mass is 10.0. The number of fused-ring (bicyclic) bond motifs is 1. The SMILES string of the molecule is Cc1ccc(-c2nc(-c3ccc(C)cc3)c3ccccc3n2)cc1. The summed E-state index contributed by atoms with van der Waals surface area (Å²) in [6.45, 7) is 4.18. The van der Waals surface area contributed by atoms with Gasteiger partial charge in [0, 0.05) is 16.5 Å². The van der Waals surface area contributed by atoms with Crippen LogP contribution in [0, 0.1) is 13.8 Å².